The number of carboxylic acids is 1. The molecule has 0 aliphatic heterocycles. The van der Waals surface area contributed by atoms with Crippen LogP contribution in [0.2, 0.25) is 5.02 Å². The molecule has 1 aromatic rings. The van der Waals surface area contributed by atoms with Gasteiger partial charge in [-0.3, -0.25) is 9.59 Å². The fourth-order valence-corrected chi connectivity index (χ4v) is 2.01. The molecule has 0 heterocycles. The Labute approximate surface area is 124 Å². The van der Waals surface area contributed by atoms with E-state index in [-0.39, 0.29) is 12.3 Å². The maximum atomic E-state index is 12.0. The van der Waals surface area contributed by atoms with Crippen molar-refractivity contribution in [3.8, 4) is 0 Å². The van der Waals surface area contributed by atoms with Gasteiger partial charge < -0.3 is 10.0 Å². The minimum absolute atomic E-state index is 0.0607. The molecule has 1 amide bonds. The monoisotopic (exact) mass is 297 g/mol. The first-order valence-electron chi connectivity index (χ1n) is 6.74. The summed E-state index contributed by atoms with van der Waals surface area (Å²) in [7, 11) is 1.75. The highest BCUT2D eigenvalue weighted by molar-refractivity contribution is 6.30. The van der Waals surface area contributed by atoms with Gasteiger partial charge in [0.05, 0.1) is 0 Å². The minimum Gasteiger partial charge on any atom is -0.481 e. The summed E-state index contributed by atoms with van der Waals surface area (Å²) in [5.74, 6) is -0.700. The van der Waals surface area contributed by atoms with Crippen molar-refractivity contribution in [1.29, 1.82) is 0 Å². The average molecular weight is 298 g/mol. The van der Waals surface area contributed by atoms with Gasteiger partial charge in [-0.1, -0.05) is 24.4 Å². The summed E-state index contributed by atoms with van der Waals surface area (Å²) in [4.78, 5) is 23.9. The summed E-state index contributed by atoms with van der Waals surface area (Å²) < 4.78 is 0. The fraction of sp³-hybridized carbons (Fsp3) is 0.467. The Morgan fingerprint density at radius 3 is 2.15 bits per heavy atom. The van der Waals surface area contributed by atoms with Crippen LogP contribution in [0.5, 0.6) is 0 Å². The predicted molar refractivity (Wildman–Crippen MR) is 80.2 cm³/mol. The van der Waals surface area contributed by atoms with Crippen LogP contribution in [-0.4, -0.2) is 24.0 Å². The SMILES string of the molecule is CN(C(=O)CCCCCCC(=O)O)c1ccc(Cl)cc1. The van der Waals surface area contributed by atoms with E-state index in [4.69, 9.17) is 16.7 Å². The number of rotatable bonds is 8. The van der Waals surface area contributed by atoms with E-state index < -0.39 is 5.97 Å². The third-order valence-corrected chi connectivity index (χ3v) is 3.37. The molecule has 0 saturated carbocycles. The number of carbonyl (C=O) groups excluding carboxylic acids is 1. The van der Waals surface area contributed by atoms with Gasteiger partial charge in [0.1, 0.15) is 0 Å². The van der Waals surface area contributed by atoms with Crippen LogP contribution in [0.3, 0.4) is 0 Å². The zero-order chi connectivity index (χ0) is 15.0. The minimum atomic E-state index is -0.761. The summed E-state index contributed by atoms with van der Waals surface area (Å²) in [6, 6.07) is 7.14. The number of hydrogen-bond donors (Lipinski definition) is 1. The molecule has 20 heavy (non-hydrogen) atoms. The summed E-state index contributed by atoms with van der Waals surface area (Å²) in [5.41, 5.74) is 0.824. The number of nitrogens with zero attached hydrogens (tertiary/aromatic N) is 1. The van der Waals surface area contributed by atoms with Gasteiger partial charge in [0.15, 0.2) is 0 Å². The Bertz CT molecular complexity index is 445. The Kier molecular flexibility index (Phi) is 7.09. The lowest BCUT2D eigenvalue weighted by atomic mass is 10.1. The van der Waals surface area contributed by atoms with Gasteiger partial charge in [0.25, 0.3) is 0 Å². The molecular weight excluding hydrogens is 278 g/mol. The van der Waals surface area contributed by atoms with E-state index in [1.54, 1.807) is 24.1 Å². The van der Waals surface area contributed by atoms with Crippen LogP contribution in [0.15, 0.2) is 24.3 Å². The second kappa shape index (κ2) is 8.59. The summed E-state index contributed by atoms with van der Waals surface area (Å²) >= 11 is 5.81. The number of hydrogen-bond acceptors (Lipinski definition) is 2. The van der Waals surface area contributed by atoms with Crippen molar-refractivity contribution in [1.82, 2.24) is 0 Å². The van der Waals surface area contributed by atoms with Gasteiger partial charge >= 0.3 is 5.97 Å². The molecule has 1 rings (SSSR count). The van der Waals surface area contributed by atoms with Crippen molar-refractivity contribution in [2.75, 3.05) is 11.9 Å². The maximum absolute atomic E-state index is 12.0. The number of carboxylic acid groups (broad SMARTS) is 1. The fourth-order valence-electron chi connectivity index (χ4n) is 1.88. The molecule has 0 unspecified atom stereocenters. The molecule has 0 aliphatic rings. The molecule has 0 aliphatic carbocycles. The van der Waals surface area contributed by atoms with Crippen LogP contribution in [0.1, 0.15) is 38.5 Å². The van der Waals surface area contributed by atoms with Crippen molar-refractivity contribution in [2.45, 2.75) is 38.5 Å². The molecule has 0 fully saturated rings. The van der Waals surface area contributed by atoms with Gasteiger partial charge in [-0.15, -0.1) is 0 Å². The molecule has 1 aromatic carbocycles. The van der Waals surface area contributed by atoms with Crippen molar-refractivity contribution in [3.63, 3.8) is 0 Å². The highest BCUT2D eigenvalue weighted by Crippen LogP contribution is 2.18. The van der Waals surface area contributed by atoms with Crippen LogP contribution >= 0.6 is 11.6 Å². The molecule has 4 nitrogen and oxygen atoms in total. The molecule has 0 aromatic heterocycles. The molecule has 0 radical (unpaired) electrons. The second-order valence-electron chi connectivity index (χ2n) is 4.74. The molecule has 0 bridgehead atoms. The number of anilines is 1. The third kappa shape index (κ3) is 6.06. The van der Waals surface area contributed by atoms with E-state index >= 15 is 0 Å². The lowest BCUT2D eigenvalue weighted by Gasteiger charge is -2.17. The van der Waals surface area contributed by atoms with E-state index in [2.05, 4.69) is 0 Å². The zero-order valence-corrected chi connectivity index (χ0v) is 12.4. The first-order valence-corrected chi connectivity index (χ1v) is 7.12. The molecule has 0 saturated heterocycles. The lowest BCUT2D eigenvalue weighted by molar-refractivity contribution is -0.137. The van der Waals surface area contributed by atoms with Crippen LogP contribution in [0, 0.1) is 0 Å². The van der Waals surface area contributed by atoms with Gasteiger partial charge in [-0.05, 0) is 37.1 Å². The average Bonchev–Trinajstić information content (AvgIpc) is 2.42. The number of halogens is 1. The van der Waals surface area contributed by atoms with Crippen LogP contribution in [0.4, 0.5) is 5.69 Å². The van der Waals surface area contributed by atoms with Crippen molar-refractivity contribution in [2.24, 2.45) is 0 Å². The summed E-state index contributed by atoms with van der Waals surface area (Å²) in [6.07, 6.45) is 3.88. The number of carbonyl (C=O) groups is 2. The molecule has 0 atom stereocenters. The molecule has 1 N–H and O–H groups in total. The second-order valence-corrected chi connectivity index (χ2v) is 5.17. The van der Waals surface area contributed by atoms with Gasteiger partial charge in [-0.2, -0.15) is 0 Å². The Hall–Kier alpha value is -1.55. The van der Waals surface area contributed by atoms with Crippen LogP contribution < -0.4 is 4.90 Å². The van der Waals surface area contributed by atoms with E-state index in [9.17, 15) is 9.59 Å². The Morgan fingerprint density at radius 2 is 1.60 bits per heavy atom. The highest BCUT2D eigenvalue weighted by Gasteiger charge is 2.10. The number of aliphatic carboxylic acids is 1. The maximum Gasteiger partial charge on any atom is 0.303 e. The molecule has 5 heteroatoms. The lowest BCUT2D eigenvalue weighted by Crippen LogP contribution is -2.25. The van der Waals surface area contributed by atoms with Crippen LogP contribution in [-0.2, 0) is 9.59 Å². The van der Waals surface area contributed by atoms with Crippen molar-refractivity contribution in [3.05, 3.63) is 29.3 Å². The quantitative estimate of drug-likeness (QED) is 0.744. The van der Waals surface area contributed by atoms with E-state index in [1.165, 1.54) is 0 Å². The summed E-state index contributed by atoms with van der Waals surface area (Å²) in [6.45, 7) is 0. The van der Waals surface area contributed by atoms with E-state index in [0.717, 1.165) is 24.9 Å². The largest absolute Gasteiger partial charge is 0.481 e. The molecule has 110 valence electrons. The van der Waals surface area contributed by atoms with E-state index in [0.29, 0.717) is 17.9 Å². The Balaban J connectivity index is 2.25. The van der Waals surface area contributed by atoms with Gasteiger partial charge in [-0.25, -0.2) is 0 Å². The standard InChI is InChI=1S/C15H20ClNO3/c1-17(13-10-8-12(16)9-11-13)14(18)6-4-2-3-5-7-15(19)20/h8-11H,2-7H2,1H3,(H,19,20). The first-order chi connectivity index (χ1) is 9.50. The smallest absolute Gasteiger partial charge is 0.303 e. The number of benzene rings is 1. The van der Waals surface area contributed by atoms with Gasteiger partial charge in [0, 0.05) is 30.6 Å². The summed E-state index contributed by atoms with van der Waals surface area (Å²) in [5, 5.41) is 9.15. The zero-order valence-electron chi connectivity index (χ0n) is 11.6. The van der Waals surface area contributed by atoms with Gasteiger partial charge in [0.2, 0.25) is 5.91 Å². The van der Waals surface area contributed by atoms with E-state index in [1.807, 2.05) is 12.1 Å². The first kappa shape index (κ1) is 16.5. The normalized spacial score (nSPS) is 10.3. The Morgan fingerprint density at radius 1 is 1.05 bits per heavy atom. The topological polar surface area (TPSA) is 57.6 Å². The third-order valence-electron chi connectivity index (χ3n) is 3.12. The molecule has 0 spiro atoms. The van der Waals surface area contributed by atoms with Crippen molar-refractivity contribution < 1.29 is 14.7 Å². The predicted octanol–water partition coefficient (Wildman–Crippen LogP) is 3.73. The molecular formula is C15H20ClNO3. The van der Waals surface area contributed by atoms with Crippen molar-refractivity contribution >= 4 is 29.2 Å². The highest BCUT2D eigenvalue weighted by atomic mass is 35.5. The van der Waals surface area contributed by atoms with Crippen LogP contribution in [0.25, 0.3) is 0 Å². The number of unbranched alkanes of at least 4 members (excludes halogenated alkanes) is 3. The number of amides is 1.